The summed E-state index contributed by atoms with van der Waals surface area (Å²) in [6, 6.07) is 10.7. The van der Waals surface area contributed by atoms with E-state index in [1.807, 2.05) is 39.0 Å². The van der Waals surface area contributed by atoms with E-state index in [0.717, 1.165) is 22.3 Å². The summed E-state index contributed by atoms with van der Waals surface area (Å²) in [6.45, 7) is 6.27. The molecule has 0 amide bonds. The molecular weight excluding hydrogens is 280 g/mol. The number of hydrogen-bond acceptors (Lipinski definition) is 3. The van der Waals surface area contributed by atoms with Crippen LogP contribution in [0.5, 0.6) is 5.75 Å². The third-order valence-corrected chi connectivity index (χ3v) is 3.66. The fourth-order valence-electron chi connectivity index (χ4n) is 2.25. The fraction of sp³-hybridized carbons (Fsp3) is 0.222. The Morgan fingerprint density at radius 3 is 2.23 bits per heavy atom. The van der Waals surface area contributed by atoms with Crippen LogP contribution >= 0.6 is 0 Å². The van der Waals surface area contributed by atoms with E-state index in [0.29, 0.717) is 12.4 Å². The van der Waals surface area contributed by atoms with E-state index in [1.165, 1.54) is 12.1 Å². The highest BCUT2D eigenvalue weighted by atomic mass is 16.5. The molecule has 0 saturated heterocycles. The van der Waals surface area contributed by atoms with Gasteiger partial charge in [0.25, 0.3) is 5.78 Å². The minimum atomic E-state index is -1.47. The van der Waals surface area contributed by atoms with Gasteiger partial charge in [0.15, 0.2) is 0 Å². The standard InChI is InChI=1S/C18H18O4/c1-11-5-4-6-12(2)15(11)10-22-16-9-14(8-7-13(16)3)17(19)18(20)21/h4-9H,10H2,1-3H3,(H,20,21). The van der Waals surface area contributed by atoms with Gasteiger partial charge in [-0.1, -0.05) is 30.3 Å². The number of rotatable bonds is 5. The molecule has 1 N–H and O–H groups in total. The van der Waals surface area contributed by atoms with Gasteiger partial charge in [0.2, 0.25) is 0 Å². The molecule has 0 heterocycles. The third-order valence-electron chi connectivity index (χ3n) is 3.66. The van der Waals surface area contributed by atoms with E-state index in [9.17, 15) is 9.59 Å². The first kappa shape index (κ1) is 15.8. The lowest BCUT2D eigenvalue weighted by Gasteiger charge is -2.13. The second-order valence-corrected chi connectivity index (χ2v) is 5.27. The normalized spacial score (nSPS) is 10.3. The minimum absolute atomic E-state index is 0.120. The fourth-order valence-corrected chi connectivity index (χ4v) is 2.25. The van der Waals surface area contributed by atoms with Crippen LogP contribution in [0.3, 0.4) is 0 Å². The maximum absolute atomic E-state index is 11.5. The first-order valence-electron chi connectivity index (χ1n) is 6.96. The van der Waals surface area contributed by atoms with Gasteiger partial charge >= 0.3 is 5.97 Å². The molecular formula is C18H18O4. The summed E-state index contributed by atoms with van der Waals surface area (Å²) < 4.78 is 5.81. The molecule has 4 nitrogen and oxygen atoms in total. The number of aliphatic carboxylic acids is 1. The molecule has 0 aliphatic heterocycles. The average Bonchev–Trinajstić information content (AvgIpc) is 2.47. The largest absolute Gasteiger partial charge is 0.489 e. The van der Waals surface area contributed by atoms with Gasteiger partial charge in [-0.05, 0) is 49.1 Å². The lowest BCUT2D eigenvalue weighted by atomic mass is 10.0. The smallest absolute Gasteiger partial charge is 0.377 e. The highest BCUT2D eigenvalue weighted by Crippen LogP contribution is 2.23. The predicted octanol–water partition coefficient (Wildman–Crippen LogP) is 3.46. The molecule has 4 heteroatoms. The molecule has 0 saturated carbocycles. The third kappa shape index (κ3) is 3.34. The van der Waals surface area contributed by atoms with Crippen LogP contribution in [-0.2, 0) is 11.4 Å². The second-order valence-electron chi connectivity index (χ2n) is 5.27. The first-order valence-corrected chi connectivity index (χ1v) is 6.96. The number of benzene rings is 2. The Bertz CT molecular complexity index is 712. The Balaban J connectivity index is 2.24. The number of aryl methyl sites for hydroxylation is 3. The van der Waals surface area contributed by atoms with Gasteiger partial charge in [-0.25, -0.2) is 4.79 Å². The lowest BCUT2D eigenvalue weighted by molar-refractivity contribution is -0.131. The van der Waals surface area contributed by atoms with Crippen molar-refractivity contribution in [3.63, 3.8) is 0 Å². The van der Waals surface area contributed by atoms with Gasteiger partial charge in [-0.3, -0.25) is 4.79 Å². The van der Waals surface area contributed by atoms with E-state index in [2.05, 4.69) is 0 Å². The monoisotopic (exact) mass is 298 g/mol. The Labute approximate surface area is 129 Å². The van der Waals surface area contributed by atoms with E-state index >= 15 is 0 Å². The highest BCUT2D eigenvalue weighted by Gasteiger charge is 2.16. The van der Waals surface area contributed by atoms with Crippen LogP contribution in [0.4, 0.5) is 0 Å². The Kier molecular flexibility index (Phi) is 4.61. The lowest BCUT2D eigenvalue weighted by Crippen LogP contribution is -2.13. The van der Waals surface area contributed by atoms with Crippen LogP contribution in [0, 0.1) is 20.8 Å². The van der Waals surface area contributed by atoms with Crippen LogP contribution < -0.4 is 4.74 Å². The molecule has 0 aliphatic rings. The van der Waals surface area contributed by atoms with Gasteiger partial charge in [0.1, 0.15) is 12.4 Å². The van der Waals surface area contributed by atoms with Gasteiger partial charge in [-0.2, -0.15) is 0 Å². The zero-order valence-corrected chi connectivity index (χ0v) is 12.8. The summed E-state index contributed by atoms with van der Waals surface area (Å²) in [5, 5.41) is 8.79. The number of carbonyl (C=O) groups excluding carboxylic acids is 1. The maximum atomic E-state index is 11.5. The van der Waals surface area contributed by atoms with E-state index in [-0.39, 0.29) is 5.56 Å². The zero-order chi connectivity index (χ0) is 16.3. The van der Waals surface area contributed by atoms with Crippen LogP contribution in [0.1, 0.15) is 32.6 Å². The van der Waals surface area contributed by atoms with Crippen molar-refractivity contribution < 1.29 is 19.4 Å². The van der Waals surface area contributed by atoms with Crippen molar-refractivity contribution in [3.8, 4) is 5.75 Å². The summed E-state index contributed by atoms with van der Waals surface area (Å²) in [4.78, 5) is 22.3. The average molecular weight is 298 g/mol. The number of ether oxygens (including phenoxy) is 1. The topological polar surface area (TPSA) is 63.6 Å². The molecule has 2 rings (SSSR count). The number of ketones is 1. The summed E-state index contributed by atoms with van der Waals surface area (Å²) in [5.41, 5.74) is 4.34. The molecule has 0 unspecified atom stereocenters. The van der Waals surface area contributed by atoms with Crippen molar-refractivity contribution in [2.75, 3.05) is 0 Å². The Morgan fingerprint density at radius 1 is 1.00 bits per heavy atom. The van der Waals surface area contributed by atoms with E-state index in [4.69, 9.17) is 9.84 Å². The summed E-state index contributed by atoms with van der Waals surface area (Å²) >= 11 is 0. The molecule has 0 fully saturated rings. The highest BCUT2D eigenvalue weighted by molar-refractivity contribution is 6.39. The molecule has 114 valence electrons. The second kappa shape index (κ2) is 6.43. The van der Waals surface area contributed by atoms with E-state index in [1.54, 1.807) is 6.07 Å². The maximum Gasteiger partial charge on any atom is 0.377 e. The van der Waals surface area contributed by atoms with Crippen LogP contribution in [-0.4, -0.2) is 16.9 Å². The molecule has 2 aromatic rings. The first-order chi connectivity index (χ1) is 10.4. The van der Waals surface area contributed by atoms with Gasteiger partial charge < -0.3 is 9.84 Å². The molecule has 0 aliphatic carbocycles. The van der Waals surface area contributed by atoms with Crippen molar-refractivity contribution >= 4 is 11.8 Å². The molecule has 2 aromatic carbocycles. The number of hydrogen-bond donors (Lipinski definition) is 1. The van der Waals surface area contributed by atoms with Crippen molar-refractivity contribution in [3.05, 3.63) is 64.2 Å². The van der Waals surface area contributed by atoms with Crippen LogP contribution in [0.15, 0.2) is 36.4 Å². The molecule has 0 atom stereocenters. The number of carbonyl (C=O) groups is 2. The number of Topliss-reactive ketones (excluding diaryl/α,β-unsaturated/α-hetero) is 1. The summed E-state index contributed by atoms with van der Waals surface area (Å²) in [6.07, 6.45) is 0. The van der Waals surface area contributed by atoms with Crippen LogP contribution in [0.25, 0.3) is 0 Å². The van der Waals surface area contributed by atoms with Crippen LogP contribution in [0.2, 0.25) is 0 Å². The summed E-state index contributed by atoms with van der Waals surface area (Å²) in [5.74, 6) is -1.88. The quantitative estimate of drug-likeness (QED) is 0.678. The van der Waals surface area contributed by atoms with Gasteiger partial charge in [0, 0.05) is 5.56 Å². The van der Waals surface area contributed by atoms with Crippen molar-refractivity contribution in [1.82, 2.24) is 0 Å². The predicted molar refractivity (Wildman–Crippen MR) is 83.4 cm³/mol. The van der Waals surface area contributed by atoms with Gasteiger partial charge in [0.05, 0.1) is 0 Å². The molecule has 0 aromatic heterocycles. The molecule has 0 bridgehead atoms. The minimum Gasteiger partial charge on any atom is -0.489 e. The zero-order valence-electron chi connectivity index (χ0n) is 12.8. The Hall–Kier alpha value is -2.62. The molecule has 0 radical (unpaired) electrons. The molecule has 22 heavy (non-hydrogen) atoms. The van der Waals surface area contributed by atoms with Crippen molar-refractivity contribution in [2.45, 2.75) is 27.4 Å². The summed E-state index contributed by atoms with van der Waals surface area (Å²) in [7, 11) is 0. The Morgan fingerprint density at radius 2 is 1.64 bits per heavy atom. The van der Waals surface area contributed by atoms with E-state index < -0.39 is 11.8 Å². The molecule has 0 spiro atoms. The van der Waals surface area contributed by atoms with Crippen molar-refractivity contribution in [2.24, 2.45) is 0 Å². The van der Waals surface area contributed by atoms with Gasteiger partial charge in [-0.15, -0.1) is 0 Å². The SMILES string of the molecule is Cc1ccc(C(=O)C(=O)O)cc1OCc1c(C)cccc1C. The number of carboxylic acids is 1. The van der Waals surface area contributed by atoms with Crippen molar-refractivity contribution in [1.29, 1.82) is 0 Å². The number of carboxylic acid groups (broad SMARTS) is 1.